The standard InChI is InChI=1S/C16H17N3O3/c20-9-13-4-11-5-14(17-6-15(11)22-13)16(21)18-12-3-10-1-2-19(7-10)8-12/h4-6,9-10,12H,1-3,7-8H2,(H,18,21)/t10-,12-/m1/s1. The third-order valence-electron chi connectivity index (χ3n) is 4.57. The lowest BCUT2D eigenvalue weighted by Gasteiger charge is -2.30. The highest BCUT2D eigenvalue weighted by molar-refractivity contribution is 5.96. The van der Waals surface area contributed by atoms with Crippen LogP contribution in [0.25, 0.3) is 11.0 Å². The third kappa shape index (κ3) is 2.39. The summed E-state index contributed by atoms with van der Waals surface area (Å²) in [5.41, 5.74) is 0.874. The Bertz CT molecular complexity index is 727. The molecule has 2 fully saturated rings. The van der Waals surface area contributed by atoms with Crippen LogP contribution in [-0.4, -0.2) is 47.8 Å². The lowest BCUT2D eigenvalue weighted by atomic mass is 9.97. The minimum absolute atomic E-state index is 0.164. The number of furan rings is 1. The van der Waals surface area contributed by atoms with E-state index in [1.807, 2.05) is 0 Å². The summed E-state index contributed by atoms with van der Waals surface area (Å²) in [5.74, 6) is 0.785. The molecule has 4 rings (SSSR count). The molecule has 2 bridgehead atoms. The van der Waals surface area contributed by atoms with E-state index in [2.05, 4.69) is 15.2 Å². The molecule has 3 atom stereocenters. The first-order chi connectivity index (χ1) is 10.7. The Kier molecular flexibility index (Phi) is 3.18. The van der Waals surface area contributed by atoms with Crippen LogP contribution < -0.4 is 5.32 Å². The number of nitrogens with zero attached hydrogens (tertiary/aromatic N) is 2. The monoisotopic (exact) mass is 299 g/mol. The number of hydrogen-bond donors (Lipinski definition) is 1. The molecule has 2 aliphatic heterocycles. The number of fused-ring (bicyclic) bond motifs is 3. The molecule has 2 saturated heterocycles. The van der Waals surface area contributed by atoms with Gasteiger partial charge in [-0.1, -0.05) is 0 Å². The number of hydrogen-bond acceptors (Lipinski definition) is 5. The number of aldehydes is 1. The fraction of sp³-hybridized carbons (Fsp3) is 0.438. The SMILES string of the molecule is O=Cc1cc2cc(C(=O)N[C@@H]3C[C@H]4CCN(C4)C3)ncc2o1. The highest BCUT2D eigenvalue weighted by Gasteiger charge is 2.33. The average Bonchev–Trinajstić information content (AvgIpc) is 3.09. The van der Waals surface area contributed by atoms with E-state index in [-0.39, 0.29) is 17.7 Å². The number of aromatic nitrogens is 1. The van der Waals surface area contributed by atoms with Crippen molar-refractivity contribution in [2.24, 2.45) is 5.92 Å². The number of rotatable bonds is 3. The van der Waals surface area contributed by atoms with Gasteiger partial charge >= 0.3 is 0 Å². The number of pyridine rings is 1. The Balaban J connectivity index is 1.51. The van der Waals surface area contributed by atoms with E-state index < -0.39 is 0 Å². The maximum Gasteiger partial charge on any atom is 0.270 e. The summed E-state index contributed by atoms with van der Waals surface area (Å²) in [5, 5.41) is 3.80. The third-order valence-corrected chi connectivity index (χ3v) is 4.57. The van der Waals surface area contributed by atoms with Gasteiger partial charge < -0.3 is 14.6 Å². The number of carbonyl (C=O) groups is 2. The molecule has 2 aliphatic rings. The van der Waals surface area contributed by atoms with Crippen molar-refractivity contribution < 1.29 is 14.0 Å². The van der Waals surface area contributed by atoms with Gasteiger partial charge in [0, 0.05) is 24.5 Å². The summed E-state index contributed by atoms with van der Waals surface area (Å²) in [6.07, 6.45) is 4.42. The predicted octanol–water partition coefficient (Wildman–Crippen LogP) is 1.46. The first-order valence-electron chi connectivity index (χ1n) is 7.59. The van der Waals surface area contributed by atoms with Crippen LogP contribution in [0.3, 0.4) is 0 Å². The highest BCUT2D eigenvalue weighted by Crippen LogP contribution is 2.27. The van der Waals surface area contributed by atoms with Crippen LogP contribution in [0, 0.1) is 5.92 Å². The van der Waals surface area contributed by atoms with E-state index in [1.54, 1.807) is 12.1 Å². The second kappa shape index (κ2) is 5.21. The van der Waals surface area contributed by atoms with Gasteiger partial charge in [0.05, 0.1) is 6.20 Å². The Morgan fingerprint density at radius 3 is 3.14 bits per heavy atom. The predicted molar refractivity (Wildman–Crippen MR) is 79.8 cm³/mol. The Morgan fingerprint density at radius 1 is 1.41 bits per heavy atom. The van der Waals surface area contributed by atoms with E-state index >= 15 is 0 Å². The van der Waals surface area contributed by atoms with Gasteiger partial charge in [-0.05, 0) is 37.4 Å². The Labute approximate surface area is 127 Å². The first kappa shape index (κ1) is 13.5. The van der Waals surface area contributed by atoms with E-state index in [0.29, 0.717) is 23.5 Å². The molecule has 0 aliphatic carbocycles. The van der Waals surface area contributed by atoms with Gasteiger partial charge in [-0.15, -0.1) is 0 Å². The Hall–Kier alpha value is -2.21. The molecular formula is C16H17N3O3. The number of amides is 1. The Morgan fingerprint density at radius 2 is 2.32 bits per heavy atom. The van der Waals surface area contributed by atoms with Crippen LogP contribution in [0.5, 0.6) is 0 Å². The van der Waals surface area contributed by atoms with Gasteiger partial charge in [0.25, 0.3) is 5.91 Å². The highest BCUT2D eigenvalue weighted by atomic mass is 16.3. The maximum atomic E-state index is 12.4. The van der Waals surface area contributed by atoms with Crippen molar-refractivity contribution in [1.29, 1.82) is 0 Å². The average molecular weight is 299 g/mol. The largest absolute Gasteiger partial charge is 0.452 e. The molecule has 22 heavy (non-hydrogen) atoms. The molecule has 2 aromatic rings. The van der Waals surface area contributed by atoms with Crippen molar-refractivity contribution in [3.63, 3.8) is 0 Å². The molecule has 2 aromatic heterocycles. The van der Waals surface area contributed by atoms with Crippen LogP contribution in [0.15, 0.2) is 22.7 Å². The fourth-order valence-electron chi connectivity index (χ4n) is 3.57. The molecule has 4 heterocycles. The maximum absolute atomic E-state index is 12.4. The lowest BCUT2D eigenvalue weighted by Crippen LogP contribution is -2.47. The molecule has 6 nitrogen and oxygen atoms in total. The first-order valence-corrected chi connectivity index (χ1v) is 7.59. The molecule has 1 amide bonds. The van der Waals surface area contributed by atoms with E-state index in [4.69, 9.17) is 4.42 Å². The lowest BCUT2D eigenvalue weighted by molar-refractivity contribution is 0.0904. The van der Waals surface area contributed by atoms with E-state index in [0.717, 1.165) is 24.9 Å². The summed E-state index contributed by atoms with van der Waals surface area (Å²) >= 11 is 0. The van der Waals surface area contributed by atoms with Gasteiger partial charge in [0.2, 0.25) is 0 Å². The second-order valence-electron chi connectivity index (χ2n) is 6.19. The van der Waals surface area contributed by atoms with Gasteiger partial charge in [-0.3, -0.25) is 9.59 Å². The van der Waals surface area contributed by atoms with Crippen molar-refractivity contribution in [2.45, 2.75) is 18.9 Å². The molecule has 0 spiro atoms. The van der Waals surface area contributed by atoms with Gasteiger partial charge in [0.15, 0.2) is 17.6 Å². The molecular weight excluding hydrogens is 282 g/mol. The smallest absolute Gasteiger partial charge is 0.270 e. The molecule has 0 aromatic carbocycles. The molecule has 0 radical (unpaired) electrons. The molecule has 6 heteroatoms. The van der Waals surface area contributed by atoms with Crippen LogP contribution >= 0.6 is 0 Å². The summed E-state index contributed by atoms with van der Waals surface area (Å²) in [7, 11) is 0. The normalized spacial score (nSPS) is 27.0. The van der Waals surface area contributed by atoms with E-state index in [9.17, 15) is 9.59 Å². The zero-order valence-corrected chi connectivity index (χ0v) is 12.1. The van der Waals surface area contributed by atoms with Crippen molar-refractivity contribution in [1.82, 2.24) is 15.2 Å². The van der Waals surface area contributed by atoms with Crippen LogP contribution in [0.4, 0.5) is 0 Å². The summed E-state index contributed by atoms with van der Waals surface area (Å²) in [6.45, 7) is 3.23. The molecule has 1 N–H and O–H groups in total. The van der Waals surface area contributed by atoms with Crippen molar-refractivity contribution in [3.05, 3.63) is 29.8 Å². The van der Waals surface area contributed by atoms with Crippen molar-refractivity contribution in [3.8, 4) is 0 Å². The molecule has 0 saturated carbocycles. The van der Waals surface area contributed by atoms with Crippen LogP contribution in [0.1, 0.15) is 33.9 Å². The summed E-state index contributed by atoms with van der Waals surface area (Å²) < 4.78 is 5.27. The zero-order valence-electron chi connectivity index (χ0n) is 12.1. The molecule has 114 valence electrons. The number of carbonyl (C=O) groups excluding carboxylic acids is 2. The molecule has 1 unspecified atom stereocenters. The summed E-state index contributed by atoms with van der Waals surface area (Å²) in [4.78, 5) is 29.6. The number of nitrogens with one attached hydrogen (secondary N) is 1. The fourth-order valence-corrected chi connectivity index (χ4v) is 3.57. The quantitative estimate of drug-likeness (QED) is 0.869. The van der Waals surface area contributed by atoms with Gasteiger partial charge in [0.1, 0.15) is 5.69 Å². The zero-order chi connectivity index (χ0) is 15.1. The van der Waals surface area contributed by atoms with Crippen molar-refractivity contribution in [2.75, 3.05) is 19.6 Å². The minimum Gasteiger partial charge on any atom is -0.452 e. The van der Waals surface area contributed by atoms with E-state index in [1.165, 1.54) is 19.2 Å². The topological polar surface area (TPSA) is 75.4 Å². The van der Waals surface area contributed by atoms with Gasteiger partial charge in [-0.2, -0.15) is 0 Å². The van der Waals surface area contributed by atoms with Crippen molar-refractivity contribution >= 4 is 23.2 Å². The van der Waals surface area contributed by atoms with Gasteiger partial charge in [-0.25, -0.2) is 4.98 Å². The van der Waals surface area contributed by atoms with Crippen LogP contribution in [-0.2, 0) is 0 Å². The number of piperidine rings is 1. The van der Waals surface area contributed by atoms with Crippen LogP contribution in [0.2, 0.25) is 0 Å². The minimum atomic E-state index is -0.164. The summed E-state index contributed by atoms with van der Waals surface area (Å²) in [6, 6.07) is 3.48. The second-order valence-corrected chi connectivity index (χ2v) is 6.19.